The summed E-state index contributed by atoms with van der Waals surface area (Å²) in [5.74, 6) is 0.886. The summed E-state index contributed by atoms with van der Waals surface area (Å²) in [5.41, 5.74) is 3.32. The summed E-state index contributed by atoms with van der Waals surface area (Å²) >= 11 is 0. The molecule has 0 radical (unpaired) electrons. The predicted molar refractivity (Wildman–Crippen MR) is 119 cm³/mol. The number of imidazole rings is 1. The molecule has 4 aromatic heterocycles. The number of fused-ring (bicyclic) bond motifs is 1. The highest BCUT2D eigenvalue weighted by atomic mass is 16.5. The summed E-state index contributed by atoms with van der Waals surface area (Å²) in [7, 11) is 1.45. The van der Waals surface area contributed by atoms with Crippen molar-refractivity contribution in [3.05, 3.63) is 60.8 Å². The quantitative estimate of drug-likeness (QED) is 0.359. The maximum atomic E-state index is 9.63. The zero-order valence-electron chi connectivity index (χ0n) is 18.3. The summed E-state index contributed by atoms with van der Waals surface area (Å²) < 4.78 is 14.5. The van der Waals surface area contributed by atoms with Gasteiger partial charge in [0.1, 0.15) is 47.5 Å². The number of rotatable bonds is 7. The van der Waals surface area contributed by atoms with Crippen molar-refractivity contribution in [3.63, 3.8) is 0 Å². The first-order valence-corrected chi connectivity index (χ1v) is 10.3. The fourth-order valence-corrected chi connectivity index (χ4v) is 3.53. The largest absolute Gasteiger partial charge is 0.489 e. The first-order valence-electron chi connectivity index (χ1n) is 10.3. The van der Waals surface area contributed by atoms with Gasteiger partial charge in [-0.25, -0.2) is 24.1 Å². The molecule has 1 atom stereocenters. The van der Waals surface area contributed by atoms with Crippen LogP contribution in [0.5, 0.6) is 11.6 Å². The van der Waals surface area contributed by atoms with Crippen LogP contribution in [0.3, 0.4) is 0 Å². The van der Waals surface area contributed by atoms with E-state index in [9.17, 15) is 5.26 Å². The molecule has 0 fully saturated rings. The third kappa shape index (κ3) is 3.97. The van der Waals surface area contributed by atoms with Gasteiger partial charge in [-0.05, 0) is 41.6 Å². The minimum absolute atomic E-state index is 0.147. The molecule has 1 aromatic carbocycles. The van der Waals surface area contributed by atoms with Gasteiger partial charge < -0.3 is 9.47 Å². The molecule has 0 aliphatic rings. The second-order valence-electron chi connectivity index (χ2n) is 7.34. The molecule has 168 valence electrons. The molecule has 5 rings (SSSR count). The van der Waals surface area contributed by atoms with E-state index in [1.165, 1.54) is 13.4 Å². The van der Waals surface area contributed by atoms with Crippen LogP contribution in [0.2, 0.25) is 0 Å². The van der Waals surface area contributed by atoms with Crippen molar-refractivity contribution in [2.75, 3.05) is 7.11 Å². The monoisotopic (exact) mass is 454 g/mol. The van der Waals surface area contributed by atoms with Gasteiger partial charge >= 0.3 is 0 Å². The molecule has 4 heterocycles. The van der Waals surface area contributed by atoms with E-state index in [-0.39, 0.29) is 17.5 Å². The van der Waals surface area contributed by atoms with Gasteiger partial charge in [-0.3, -0.25) is 0 Å². The molecule has 0 bridgehead atoms. The highest BCUT2D eigenvalue weighted by molar-refractivity contribution is 5.69. The Hall–Kier alpha value is -4.92. The van der Waals surface area contributed by atoms with Gasteiger partial charge in [0.25, 0.3) is 0 Å². The van der Waals surface area contributed by atoms with Crippen molar-refractivity contribution >= 4 is 5.65 Å². The minimum atomic E-state index is -0.147. The molecule has 5 aromatic rings. The Morgan fingerprint density at radius 2 is 2.06 bits per heavy atom. The molecule has 0 aliphatic heterocycles. The molecule has 0 aliphatic carbocycles. The maximum Gasteiger partial charge on any atom is 0.235 e. The van der Waals surface area contributed by atoms with E-state index in [4.69, 9.17) is 14.6 Å². The summed E-state index contributed by atoms with van der Waals surface area (Å²) in [4.78, 5) is 12.7. The van der Waals surface area contributed by atoms with Gasteiger partial charge in [-0.2, -0.15) is 10.4 Å². The van der Waals surface area contributed by atoms with E-state index in [1.807, 2.05) is 43.3 Å². The van der Waals surface area contributed by atoms with Crippen molar-refractivity contribution in [2.24, 2.45) is 0 Å². The van der Waals surface area contributed by atoms with Crippen molar-refractivity contribution in [1.29, 1.82) is 5.26 Å². The van der Waals surface area contributed by atoms with Gasteiger partial charge in [0.15, 0.2) is 5.65 Å². The fraction of sp³-hybridized carbons (Fsp3) is 0.182. The Labute approximate surface area is 193 Å². The second kappa shape index (κ2) is 8.91. The van der Waals surface area contributed by atoms with E-state index in [2.05, 4.69) is 36.5 Å². The lowest BCUT2D eigenvalue weighted by Gasteiger charge is -2.15. The number of nitrogens with zero attached hydrogens (tertiary/aromatic N) is 10. The third-order valence-electron chi connectivity index (χ3n) is 5.03. The molecule has 12 nitrogen and oxygen atoms in total. The Bertz CT molecular complexity index is 1490. The summed E-state index contributed by atoms with van der Waals surface area (Å²) in [5, 5.41) is 25.5. The van der Waals surface area contributed by atoms with Crippen molar-refractivity contribution in [3.8, 4) is 40.3 Å². The zero-order chi connectivity index (χ0) is 23.5. The molecule has 0 spiro atoms. The Balaban J connectivity index is 1.48. The number of methoxy groups -OCH3 is 1. The maximum absolute atomic E-state index is 9.63. The van der Waals surface area contributed by atoms with Gasteiger partial charge in [-0.15, -0.1) is 5.10 Å². The highest BCUT2D eigenvalue weighted by Gasteiger charge is 2.18. The van der Waals surface area contributed by atoms with Gasteiger partial charge in [0.2, 0.25) is 5.88 Å². The second-order valence-corrected chi connectivity index (χ2v) is 7.34. The fourth-order valence-electron chi connectivity index (χ4n) is 3.53. The summed E-state index contributed by atoms with van der Waals surface area (Å²) in [6, 6.07) is 13.5. The van der Waals surface area contributed by atoms with E-state index < -0.39 is 0 Å². The van der Waals surface area contributed by atoms with E-state index in [0.29, 0.717) is 35.0 Å². The normalized spacial score (nSPS) is 11.8. The van der Waals surface area contributed by atoms with Crippen LogP contribution in [-0.4, -0.2) is 58.0 Å². The van der Waals surface area contributed by atoms with E-state index in [0.717, 1.165) is 5.56 Å². The lowest BCUT2D eigenvalue weighted by atomic mass is 10.1. The van der Waals surface area contributed by atoms with Crippen LogP contribution in [0, 0.1) is 11.3 Å². The minimum Gasteiger partial charge on any atom is -0.489 e. The molecular weight excluding hydrogens is 436 g/mol. The summed E-state index contributed by atoms with van der Waals surface area (Å²) in [6.45, 7) is 2.46. The number of benzene rings is 1. The number of nitriles is 1. The molecular formula is C22H18N10O2. The van der Waals surface area contributed by atoms with Gasteiger partial charge in [-0.1, -0.05) is 12.1 Å². The van der Waals surface area contributed by atoms with Crippen molar-refractivity contribution in [2.45, 2.75) is 19.6 Å². The average molecular weight is 454 g/mol. The highest BCUT2D eigenvalue weighted by Crippen LogP contribution is 2.28. The first kappa shape index (κ1) is 21.0. The Morgan fingerprint density at radius 3 is 2.85 bits per heavy atom. The van der Waals surface area contributed by atoms with Crippen LogP contribution in [0.25, 0.3) is 28.3 Å². The van der Waals surface area contributed by atoms with Crippen LogP contribution in [0.15, 0.2) is 55.2 Å². The summed E-state index contributed by atoms with van der Waals surface area (Å²) in [6.07, 6.45) is 4.36. The van der Waals surface area contributed by atoms with Crippen LogP contribution in [0.4, 0.5) is 0 Å². The number of hydrogen-bond acceptors (Lipinski definition) is 10. The number of aromatic nitrogens is 9. The smallest absolute Gasteiger partial charge is 0.235 e. The SMILES string of the molecule is COc1ncnc(-c2cnc3ccc(-c4cccc(O[C@@H](C)Cn5cnnn5)c4)nn23)c1C#N. The van der Waals surface area contributed by atoms with Gasteiger partial charge in [0.05, 0.1) is 25.5 Å². The van der Waals surface area contributed by atoms with E-state index in [1.54, 1.807) is 21.7 Å². The molecule has 0 unspecified atom stereocenters. The van der Waals surface area contributed by atoms with Crippen molar-refractivity contribution in [1.82, 2.24) is 44.8 Å². The van der Waals surface area contributed by atoms with Crippen LogP contribution < -0.4 is 9.47 Å². The zero-order valence-corrected chi connectivity index (χ0v) is 18.3. The van der Waals surface area contributed by atoms with Gasteiger partial charge in [0, 0.05) is 5.56 Å². The third-order valence-corrected chi connectivity index (χ3v) is 5.03. The first-order chi connectivity index (χ1) is 16.7. The van der Waals surface area contributed by atoms with E-state index >= 15 is 0 Å². The predicted octanol–water partition coefficient (Wildman–Crippen LogP) is 2.19. The standard InChI is InChI=1S/C22H18N10O2/c1-14(11-31-13-27-29-30-31)34-16-5-3-4-15(8-16)18-6-7-20-24-10-19(32(20)28-18)21-17(9-23)22(33-2)26-12-25-21/h3-8,10,12-14H,11H2,1-2H3/t14-/m0/s1. The Morgan fingerprint density at radius 1 is 1.15 bits per heavy atom. The molecule has 12 heteroatoms. The van der Waals surface area contributed by atoms with Crippen LogP contribution in [-0.2, 0) is 6.54 Å². The average Bonchev–Trinajstić information content (AvgIpc) is 3.53. The topological polar surface area (TPSA) is 142 Å². The lowest BCUT2D eigenvalue weighted by Crippen LogP contribution is -2.20. The lowest BCUT2D eigenvalue weighted by molar-refractivity contribution is 0.193. The van der Waals surface area contributed by atoms with Crippen molar-refractivity contribution < 1.29 is 9.47 Å². The number of hydrogen-bond donors (Lipinski definition) is 0. The number of ether oxygens (including phenoxy) is 2. The Kier molecular flexibility index (Phi) is 5.49. The van der Waals surface area contributed by atoms with Crippen LogP contribution >= 0.6 is 0 Å². The molecule has 0 saturated heterocycles. The molecule has 34 heavy (non-hydrogen) atoms. The molecule has 0 saturated carbocycles. The van der Waals surface area contributed by atoms with Crippen LogP contribution in [0.1, 0.15) is 12.5 Å². The molecule has 0 N–H and O–H groups in total. The molecule has 0 amide bonds. The number of tetrazole rings is 1.